The molecule has 27 heavy (non-hydrogen) atoms. The fourth-order valence-corrected chi connectivity index (χ4v) is 4.91. The maximum absolute atomic E-state index is 12.6. The fraction of sp³-hybridized carbons (Fsp3) is 0.333. The van der Waals surface area contributed by atoms with Gasteiger partial charge in [0.2, 0.25) is 10.0 Å². The van der Waals surface area contributed by atoms with E-state index in [-0.39, 0.29) is 24.0 Å². The molecule has 1 aromatic carbocycles. The molecule has 1 aliphatic rings. The van der Waals surface area contributed by atoms with E-state index < -0.39 is 10.0 Å². The lowest BCUT2D eigenvalue weighted by atomic mass is 10.4. The number of urea groups is 1. The third-order valence-electron chi connectivity index (χ3n) is 4.19. The molecule has 1 N–H and O–H groups in total. The zero-order valence-electron chi connectivity index (χ0n) is 14.8. The highest BCUT2D eigenvalue weighted by Crippen LogP contribution is 2.17. The fourth-order valence-electron chi connectivity index (χ4n) is 2.74. The van der Waals surface area contributed by atoms with Gasteiger partial charge >= 0.3 is 6.03 Å². The van der Waals surface area contributed by atoms with E-state index in [9.17, 15) is 13.2 Å². The maximum Gasteiger partial charge on any atom is 0.317 e. The predicted octanol–water partition coefficient (Wildman–Crippen LogP) is 1.89. The smallest absolute Gasteiger partial charge is 0.317 e. The molecule has 1 saturated heterocycles. The van der Waals surface area contributed by atoms with Crippen LogP contribution in [0.3, 0.4) is 0 Å². The highest BCUT2D eigenvalue weighted by Gasteiger charge is 2.30. The normalized spacial score (nSPS) is 15.5. The lowest BCUT2D eigenvalue weighted by molar-refractivity contribution is 0.173. The summed E-state index contributed by atoms with van der Waals surface area (Å²) < 4.78 is 26.5. The minimum absolute atomic E-state index is 0.151. The molecule has 0 unspecified atom stereocenters. The number of benzene rings is 1. The van der Waals surface area contributed by atoms with Crippen LogP contribution in [0, 0.1) is 0 Å². The van der Waals surface area contributed by atoms with Crippen molar-refractivity contribution < 1.29 is 13.2 Å². The quantitative estimate of drug-likeness (QED) is 0.585. The van der Waals surface area contributed by atoms with Crippen molar-refractivity contribution in [1.82, 2.24) is 19.5 Å². The zero-order valence-corrected chi connectivity index (χ0v) is 16.5. The Morgan fingerprint density at radius 1 is 1.07 bits per heavy atom. The number of thioether (sulfide) groups is 1. The third kappa shape index (κ3) is 5.21. The molecular weight excluding hydrogens is 384 g/mol. The van der Waals surface area contributed by atoms with E-state index in [0.717, 1.165) is 5.75 Å². The first-order valence-corrected chi connectivity index (χ1v) is 11.1. The SMILES string of the molecule is O=C(NCCSc1ccccc1)N1CCN(S(=O)(=O)c2cccnc2)CC1. The van der Waals surface area contributed by atoms with E-state index in [1.54, 1.807) is 22.7 Å². The van der Waals surface area contributed by atoms with Gasteiger partial charge in [0, 0.05) is 55.8 Å². The van der Waals surface area contributed by atoms with Crippen molar-refractivity contribution in [2.75, 3.05) is 38.5 Å². The van der Waals surface area contributed by atoms with Gasteiger partial charge in [0.05, 0.1) is 0 Å². The van der Waals surface area contributed by atoms with E-state index in [1.807, 2.05) is 30.3 Å². The van der Waals surface area contributed by atoms with E-state index in [1.165, 1.54) is 27.7 Å². The van der Waals surface area contributed by atoms with Gasteiger partial charge in [0.1, 0.15) is 4.90 Å². The Kier molecular flexibility index (Phi) is 6.70. The van der Waals surface area contributed by atoms with E-state index >= 15 is 0 Å². The molecule has 0 aliphatic carbocycles. The van der Waals surface area contributed by atoms with Crippen LogP contribution in [0.5, 0.6) is 0 Å². The Morgan fingerprint density at radius 3 is 2.48 bits per heavy atom. The van der Waals surface area contributed by atoms with Crippen LogP contribution < -0.4 is 5.32 Å². The van der Waals surface area contributed by atoms with E-state index in [2.05, 4.69) is 10.3 Å². The lowest BCUT2D eigenvalue weighted by Crippen LogP contribution is -2.53. The van der Waals surface area contributed by atoms with Crippen LogP contribution in [0.15, 0.2) is 64.6 Å². The average molecular weight is 407 g/mol. The molecule has 1 aliphatic heterocycles. The Labute approximate surface area is 163 Å². The number of nitrogens with one attached hydrogen (secondary N) is 1. The van der Waals surface area contributed by atoms with Gasteiger partial charge in [0.15, 0.2) is 0 Å². The molecule has 9 heteroatoms. The molecule has 0 saturated carbocycles. The number of rotatable bonds is 6. The minimum atomic E-state index is -3.55. The number of hydrogen-bond donors (Lipinski definition) is 1. The van der Waals surface area contributed by atoms with Gasteiger partial charge < -0.3 is 10.2 Å². The number of nitrogens with zero attached hydrogens (tertiary/aromatic N) is 3. The number of aromatic nitrogens is 1. The van der Waals surface area contributed by atoms with Gasteiger partial charge in [-0.15, -0.1) is 11.8 Å². The van der Waals surface area contributed by atoms with Gasteiger partial charge in [-0.05, 0) is 24.3 Å². The summed E-state index contributed by atoms with van der Waals surface area (Å²) in [6.07, 6.45) is 2.89. The summed E-state index contributed by atoms with van der Waals surface area (Å²) in [5.41, 5.74) is 0. The molecular formula is C18H22N4O3S2. The van der Waals surface area contributed by atoms with Crippen LogP contribution >= 0.6 is 11.8 Å². The van der Waals surface area contributed by atoms with Crippen molar-refractivity contribution in [2.24, 2.45) is 0 Å². The Balaban J connectivity index is 1.43. The Bertz CT molecular complexity index is 839. The summed E-state index contributed by atoms with van der Waals surface area (Å²) in [6.45, 7) is 1.87. The number of pyridine rings is 1. The van der Waals surface area contributed by atoms with Gasteiger partial charge in [-0.3, -0.25) is 4.98 Å². The topological polar surface area (TPSA) is 82.6 Å². The number of carbonyl (C=O) groups is 1. The molecule has 3 rings (SSSR count). The standard InChI is InChI=1S/C18H22N4O3S2/c23-18(20-9-14-26-16-5-2-1-3-6-16)21-10-12-22(13-11-21)27(24,25)17-7-4-8-19-15-17/h1-8,15H,9-14H2,(H,20,23). The second-order valence-electron chi connectivity index (χ2n) is 5.97. The van der Waals surface area contributed by atoms with Crippen molar-refractivity contribution in [3.8, 4) is 0 Å². The number of piperazine rings is 1. The van der Waals surface area contributed by atoms with Crippen molar-refractivity contribution in [3.63, 3.8) is 0 Å². The summed E-state index contributed by atoms with van der Waals surface area (Å²) in [5.74, 6) is 0.783. The summed E-state index contributed by atoms with van der Waals surface area (Å²) in [6, 6.07) is 13.0. The predicted molar refractivity (Wildman–Crippen MR) is 105 cm³/mol. The first-order valence-electron chi connectivity index (χ1n) is 8.68. The number of amides is 2. The molecule has 2 aromatic rings. The Morgan fingerprint density at radius 2 is 1.81 bits per heavy atom. The minimum Gasteiger partial charge on any atom is -0.337 e. The molecule has 0 bridgehead atoms. The van der Waals surface area contributed by atoms with Crippen molar-refractivity contribution >= 4 is 27.8 Å². The lowest BCUT2D eigenvalue weighted by Gasteiger charge is -2.33. The Hall–Kier alpha value is -2.10. The van der Waals surface area contributed by atoms with Gasteiger partial charge in [-0.1, -0.05) is 18.2 Å². The van der Waals surface area contributed by atoms with Crippen LogP contribution in [0.4, 0.5) is 4.79 Å². The molecule has 1 aromatic heterocycles. The van der Waals surface area contributed by atoms with Crippen LogP contribution in [-0.4, -0.2) is 67.1 Å². The molecule has 2 heterocycles. The highest BCUT2D eigenvalue weighted by molar-refractivity contribution is 7.99. The first kappa shape index (κ1) is 19.7. The number of sulfonamides is 1. The second-order valence-corrected chi connectivity index (χ2v) is 9.08. The summed E-state index contributed by atoms with van der Waals surface area (Å²) >= 11 is 1.68. The molecule has 0 radical (unpaired) electrons. The average Bonchev–Trinajstić information content (AvgIpc) is 2.72. The molecule has 7 nitrogen and oxygen atoms in total. The zero-order chi connectivity index (χ0) is 19.1. The van der Waals surface area contributed by atoms with E-state index in [0.29, 0.717) is 19.6 Å². The van der Waals surface area contributed by atoms with Gasteiger partial charge in [-0.25, -0.2) is 13.2 Å². The van der Waals surface area contributed by atoms with Crippen molar-refractivity contribution in [2.45, 2.75) is 9.79 Å². The largest absolute Gasteiger partial charge is 0.337 e. The first-order chi connectivity index (χ1) is 13.1. The maximum atomic E-state index is 12.6. The molecule has 0 spiro atoms. The summed E-state index contributed by atoms with van der Waals surface area (Å²) in [7, 11) is -3.55. The second kappa shape index (κ2) is 9.20. The van der Waals surface area contributed by atoms with Crippen molar-refractivity contribution in [1.29, 1.82) is 0 Å². The summed E-state index contributed by atoms with van der Waals surface area (Å²) in [4.78, 5) is 19.1. The third-order valence-corrected chi connectivity index (χ3v) is 7.08. The van der Waals surface area contributed by atoms with Gasteiger partial charge in [-0.2, -0.15) is 4.31 Å². The van der Waals surface area contributed by atoms with E-state index in [4.69, 9.17) is 0 Å². The van der Waals surface area contributed by atoms with Gasteiger partial charge in [0.25, 0.3) is 0 Å². The molecule has 1 fully saturated rings. The van der Waals surface area contributed by atoms with Crippen LogP contribution in [0.25, 0.3) is 0 Å². The summed E-state index contributed by atoms with van der Waals surface area (Å²) in [5, 5.41) is 2.90. The number of carbonyl (C=O) groups excluding carboxylic acids is 1. The van der Waals surface area contributed by atoms with Crippen LogP contribution in [-0.2, 0) is 10.0 Å². The molecule has 2 amide bonds. The van der Waals surface area contributed by atoms with Crippen molar-refractivity contribution in [3.05, 3.63) is 54.9 Å². The molecule has 0 atom stereocenters. The molecule has 144 valence electrons. The van der Waals surface area contributed by atoms with Crippen LogP contribution in [0.2, 0.25) is 0 Å². The monoisotopic (exact) mass is 406 g/mol. The number of hydrogen-bond acceptors (Lipinski definition) is 5. The highest BCUT2D eigenvalue weighted by atomic mass is 32.2. The van der Waals surface area contributed by atoms with Crippen LogP contribution in [0.1, 0.15) is 0 Å².